The molecule has 1 aliphatic rings. The highest BCUT2D eigenvalue weighted by Crippen LogP contribution is 2.40. The first kappa shape index (κ1) is 15.4. The molecule has 0 spiro atoms. The van der Waals surface area contributed by atoms with Crippen molar-refractivity contribution in [2.45, 2.75) is 19.6 Å². The number of fused-ring (bicyclic) bond motifs is 1. The fourth-order valence-corrected chi connectivity index (χ4v) is 5.56. The van der Waals surface area contributed by atoms with Crippen molar-refractivity contribution in [3.05, 3.63) is 83.9 Å². The van der Waals surface area contributed by atoms with Crippen LogP contribution >= 0.6 is 7.92 Å². The Morgan fingerprint density at radius 3 is 2.08 bits per heavy atom. The standard InChI is InChI=1S/C21H19O2P/c1-15-19-13-21(20(22)12-16(19)14-23-15)24(17-8-4-2-5-9-17)18-10-6-3-7-11-18/h2-13,15,22H,14H2,1H3. The molecule has 0 amide bonds. The molecule has 0 radical (unpaired) electrons. The van der Waals surface area contributed by atoms with Crippen LogP contribution < -0.4 is 15.9 Å². The first-order chi connectivity index (χ1) is 11.7. The van der Waals surface area contributed by atoms with Gasteiger partial charge in [0.1, 0.15) is 5.75 Å². The summed E-state index contributed by atoms with van der Waals surface area (Å²) >= 11 is 0. The Balaban J connectivity index is 1.90. The van der Waals surface area contributed by atoms with Gasteiger partial charge in [-0.15, -0.1) is 0 Å². The molecule has 3 aromatic rings. The molecular weight excluding hydrogens is 315 g/mol. The van der Waals surface area contributed by atoms with Crippen molar-refractivity contribution in [3.63, 3.8) is 0 Å². The molecule has 3 aromatic carbocycles. The van der Waals surface area contributed by atoms with Crippen LogP contribution in [0.25, 0.3) is 0 Å². The zero-order valence-electron chi connectivity index (χ0n) is 13.5. The average Bonchev–Trinajstić information content (AvgIpc) is 2.97. The predicted molar refractivity (Wildman–Crippen MR) is 100 cm³/mol. The Labute approximate surface area is 143 Å². The Bertz CT molecular complexity index is 807. The van der Waals surface area contributed by atoms with Crippen LogP contribution in [-0.2, 0) is 11.3 Å². The molecule has 24 heavy (non-hydrogen) atoms. The normalized spacial score (nSPS) is 16.3. The molecule has 1 heterocycles. The van der Waals surface area contributed by atoms with Gasteiger partial charge in [0.05, 0.1) is 12.7 Å². The van der Waals surface area contributed by atoms with Gasteiger partial charge in [0.2, 0.25) is 0 Å². The minimum absolute atomic E-state index is 0.0859. The number of phenols is 1. The van der Waals surface area contributed by atoms with Gasteiger partial charge in [0.15, 0.2) is 0 Å². The van der Waals surface area contributed by atoms with Crippen molar-refractivity contribution < 1.29 is 9.84 Å². The summed E-state index contributed by atoms with van der Waals surface area (Å²) in [6, 6.07) is 24.9. The highest BCUT2D eigenvalue weighted by Gasteiger charge is 2.26. The molecule has 0 fully saturated rings. The Morgan fingerprint density at radius 2 is 1.50 bits per heavy atom. The third-order valence-corrected chi connectivity index (χ3v) is 6.90. The van der Waals surface area contributed by atoms with Crippen molar-refractivity contribution in [2.24, 2.45) is 0 Å². The highest BCUT2D eigenvalue weighted by atomic mass is 31.1. The summed E-state index contributed by atoms with van der Waals surface area (Å²) in [6.07, 6.45) is 0.0859. The Morgan fingerprint density at radius 1 is 0.917 bits per heavy atom. The van der Waals surface area contributed by atoms with Gasteiger partial charge in [-0.1, -0.05) is 60.7 Å². The predicted octanol–water partition coefficient (Wildman–Crippen LogP) is 3.74. The third-order valence-electron chi connectivity index (χ3n) is 4.43. The summed E-state index contributed by atoms with van der Waals surface area (Å²) < 4.78 is 5.72. The minimum Gasteiger partial charge on any atom is -0.507 e. The second-order valence-corrected chi connectivity index (χ2v) is 8.18. The number of ether oxygens (including phenoxy) is 1. The molecule has 0 aromatic heterocycles. The number of phenolic OH excluding ortho intramolecular Hbond substituents is 1. The van der Waals surface area contributed by atoms with E-state index in [1.165, 1.54) is 16.2 Å². The van der Waals surface area contributed by atoms with Crippen LogP contribution in [0.4, 0.5) is 0 Å². The fraction of sp³-hybridized carbons (Fsp3) is 0.143. The monoisotopic (exact) mass is 334 g/mol. The maximum absolute atomic E-state index is 10.7. The van der Waals surface area contributed by atoms with Gasteiger partial charge >= 0.3 is 0 Å². The van der Waals surface area contributed by atoms with Crippen LogP contribution in [0.15, 0.2) is 72.8 Å². The highest BCUT2D eigenvalue weighted by molar-refractivity contribution is 7.80. The van der Waals surface area contributed by atoms with Crippen LogP contribution in [0.2, 0.25) is 0 Å². The molecule has 0 saturated carbocycles. The summed E-state index contributed by atoms with van der Waals surface area (Å²) in [5, 5.41) is 14.2. The summed E-state index contributed by atoms with van der Waals surface area (Å²) in [5.74, 6) is 0.366. The third kappa shape index (κ3) is 2.73. The van der Waals surface area contributed by atoms with Gasteiger partial charge in [0.25, 0.3) is 0 Å². The lowest BCUT2D eigenvalue weighted by Crippen LogP contribution is -2.21. The molecule has 1 atom stereocenters. The minimum atomic E-state index is -0.798. The van der Waals surface area contributed by atoms with Gasteiger partial charge in [-0.3, -0.25) is 0 Å². The van der Waals surface area contributed by atoms with E-state index in [9.17, 15) is 5.11 Å². The second kappa shape index (κ2) is 6.39. The van der Waals surface area contributed by atoms with Crippen molar-refractivity contribution in [2.75, 3.05) is 0 Å². The fourth-order valence-electron chi connectivity index (χ4n) is 3.20. The molecule has 120 valence electrons. The number of rotatable bonds is 3. The molecular formula is C21H19O2P. The molecule has 0 saturated heterocycles. The number of aromatic hydroxyl groups is 1. The lowest BCUT2D eigenvalue weighted by atomic mass is 10.1. The van der Waals surface area contributed by atoms with Crippen molar-refractivity contribution in [1.29, 1.82) is 0 Å². The molecule has 3 heteroatoms. The molecule has 1 aliphatic heterocycles. The van der Waals surface area contributed by atoms with Crippen LogP contribution in [0, 0.1) is 0 Å². The SMILES string of the molecule is CC1OCc2cc(O)c(P(c3ccccc3)c3ccccc3)cc21. The molecule has 1 N–H and O–H groups in total. The van der Waals surface area contributed by atoms with Gasteiger partial charge in [-0.05, 0) is 48.7 Å². The molecule has 0 bridgehead atoms. The Kier molecular flexibility index (Phi) is 4.10. The van der Waals surface area contributed by atoms with Gasteiger partial charge < -0.3 is 9.84 Å². The zero-order valence-corrected chi connectivity index (χ0v) is 14.4. The Hall–Kier alpha value is -2.15. The van der Waals surface area contributed by atoms with Crippen LogP contribution in [0.5, 0.6) is 5.75 Å². The zero-order chi connectivity index (χ0) is 16.5. The van der Waals surface area contributed by atoms with E-state index in [0.29, 0.717) is 12.4 Å². The van der Waals surface area contributed by atoms with Crippen molar-refractivity contribution >= 4 is 23.8 Å². The van der Waals surface area contributed by atoms with E-state index in [0.717, 1.165) is 10.9 Å². The van der Waals surface area contributed by atoms with Crippen LogP contribution in [-0.4, -0.2) is 5.11 Å². The van der Waals surface area contributed by atoms with E-state index in [4.69, 9.17) is 4.74 Å². The summed E-state index contributed by atoms with van der Waals surface area (Å²) in [5.41, 5.74) is 2.29. The maximum Gasteiger partial charge on any atom is 0.124 e. The summed E-state index contributed by atoms with van der Waals surface area (Å²) in [7, 11) is -0.798. The second-order valence-electron chi connectivity index (χ2n) is 6.00. The van der Waals surface area contributed by atoms with Crippen molar-refractivity contribution in [1.82, 2.24) is 0 Å². The summed E-state index contributed by atoms with van der Waals surface area (Å²) in [6.45, 7) is 2.65. The van der Waals surface area contributed by atoms with Crippen LogP contribution in [0.3, 0.4) is 0 Å². The van der Waals surface area contributed by atoms with E-state index >= 15 is 0 Å². The van der Waals surface area contributed by atoms with Gasteiger partial charge in [-0.2, -0.15) is 0 Å². The average molecular weight is 334 g/mol. The largest absolute Gasteiger partial charge is 0.507 e. The van der Waals surface area contributed by atoms with E-state index in [2.05, 4.69) is 61.5 Å². The molecule has 0 aliphatic carbocycles. The molecule has 4 rings (SSSR count). The quantitative estimate of drug-likeness (QED) is 0.740. The first-order valence-electron chi connectivity index (χ1n) is 8.11. The first-order valence-corrected chi connectivity index (χ1v) is 9.46. The topological polar surface area (TPSA) is 29.5 Å². The van der Waals surface area contributed by atoms with E-state index in [1.807, 2.05) is 18.2 Å². The van der Waals surface area contributed by atoms with Crippen molar-refractivity contribution in [3.8, 4) is 5.75 Å². The molecule has 1 unspecified atom stereocenters. The maximum atomic E-state index is 10.7. The smallest absolute Gasteiger partial charge is 0.124 e. The number of benzene rings is 3. The van der Waals surface area contributed by atoms with Gasteiger partial charge in [-0.25, -0.2) is 0 Å². The summed E-state index contributed by atoms with van der Waals surface area (Å²) in [4.78, 5) is 0. The number of hydrogen-bond donors (Lipinski definition) is 1. The lowest BCUT2D eigenvalue weighted by molar-refractivity contribution is 0.0796. The van der Waals surface area contributed by atoms with Gasteiger partial charge in [0, 0.05) is 5.30 Å². The molecule has 2 nitrogen and oxygen atoms in total. The lowest BCUT2D eigenvalue weighted by Gasteiger charge is -2.21. The van der Waals surface area contributed by atoms with E-state index in [-0.39, 0.29) is 6.10 Å². The van der Waals surface area contributed by atoms with E-state index in [1.54, 1.807) is 0 Å². The number of hydrogen-bond acceptors (Lipinski definition) is 2. The van der Waals surface area contributed by atoms with E-state index < -0.39 is 7.92 Å². The van der Waals surface area contributed by atoms with Crippen LogP contribution in [0.1, 0.15) is 24.2 Å².